The van der Waals surface area contributed by atoms with Crippen molar-refractivity contribution in [2.75, 3.05) is 5.75 Å². The quantitative estimate of drug-likeness (QED) is 0.331. The Balaban J connectivity index is 5.25. The van der Waals surface area contributed by atoms with E-state index in [0.29, 0.717) is 0 Å². The highest BCUT2D eigenvalue weighted by molar-refractivity contribution is 8.03. The highest BCUT2D eigenvalue weighted by Gasteiger charge is 2.75. The summed E-state index contributed by atoms with van der Waals surface area (Å²) in [6.45, 7) is 0. The van der Waals surface area contributed by atoms with Gasteiger partial charge in [0.15, 0.2) is 0 Å². The molecule has 136 valence electrons. The molecular formula is C10H8F11NS. The second-order valence-electron chi connectivity index (χ2n) is 4.55. The Morgan fingerprint density at radius 1 is 0.696 bits per heavy atom. The number of hydrogen-bond acceptors (Lipinski definition) is 2. The van der Waals surface area contributed by atoms with Gasteiger partial charge in [-0.15, -0.1) is 0 Å². The van der Waals surface area contributed by atoms with E-state index in [2.05, 4.69) is 0 Å². The SMILES string of the molecule is N#CSCCC(F)(F)CC(F)(F)CC(F)(C(F)(F)F)C(F)(F)F. The average molecular weight is 383 g/mol. The molecule has 0 aromatic carbocycles. The lowest BCUT2D eigenvalue weighted by Gasteiger charge is -2.33. The zero-order chi connectivity index (χ0) is 18.7. The first-order valence-electron chi connectivity index (χ1n) is 5.56. The number of halogens is 11. The zero-order valence-electron chi connectivity index (χ0n) is 10.8. The van der Waals surface area contributed by atoms with E-state index in [4.69, 9.17) is 5.26 Å². The van der Waals surface area contributed by atoms with Crippen LogP contribution in [0.2, 0.25) is 0 Å². The van der Waals surface area contributed by atoms with Crippen LogP contribution in [0.3, 0.4) is 0 Å². The Morgan fingerprint density at radius 2 is 1.13 bits per heavy atom. The number of hydrogen-bond donors (Lipinski definition) is 0. The second-order valence-corrected chi connectivity index (χ2v) is 5.43. The molecule has 0 saturated heterocycles. The number of rotatable bonds is 7. The average Bonchev–Trinajstić information content (AvgIpc) is 2.23. The van der Waals surface area contributed by atoms with Crippen molar-refractivity contribution in [1.29, 1.82) is 5.26 Å². The first kappa shape index (κ1) is 22.1. The Kier molecular flexibility index (Phi) is 6.62. The van der Waals surface area contributed by atoms with Crippen LogP contribution >= 0.6 is 11.8 Å². The van der Waals surface area contributed by atoms with Crippen molar-refractivity contribution in [1.82, 2.24) is 0 Å². The van der Waals surface area contributed by atoms with Crippen LogP contribution in [0.5, 0.6) is 0 Å². The first-order chi connectivity index (χ1) is 9.97. The van der Waals surface area contributed by atoms with Gasteiger partial charge in [0.2, 0.25) is 0 Å². The molecule has 0 radical (unpaired) electrons. The van der Waals surface area contributed by atoms with Crippen LogP contribution in [0.15, 0.2) is 0 Å². The molecule has 0 aliphatic rings. The van der Waals surface area contributed by atoms with Gasteiger partial charge >= 0.3 is 18.0 Å². The fraction of sp³-hybridized carbons (Fsp3) is 0.900. The number of nitriles is 1. The summed E-state index contributed by atoms with van der Waals surface area (Å²) >= 11 is 0.229. The number of thiocyanates is 1. The summed E-state index contributed by atoms with van der Waals surface area (Å²) in [4.78, 5) is 0. The molecule has 0 bridgehead atoms. The third kappa shape index (κ3) is 6.23. The Bertz CT molecular complexity index is 420. The molecule has 0 unspecified atom stereocenters. The minimum Gasteiger partial charge on any atom is -0.223 e. The molecule has 0 spiro atoms. The highest BCUT2D eigenvalue weighted by Crippen LogP contribution is 2.52. The van der Waals surface area contributed by atoms with Gasteiger partial charge in [0.1, 0.15) is 5.40 Å². The van der Waals surface area contributed by atoms with Gasteiger partial charge in [-0.3, -0.25) is 0 Å². The molecule has 0 aliphatic carbocycles. The summed E-state index contributed by atoms with van der Waals surface area (Å²) in [5.74, 6) is -10.3. The monoisotopic (exact) mass is 383 g/mol. The zero-order valence-corrected chi connectivity index (χ0v) is 11.7. The largest absolute Gasteiger partial charge is 0.431 e. The third-order valence-electron chi connectivity index (χ3n) is 2.55. The second kappa shape index (κ2) is 6.90. The molecule has 0 N–H and O–H groups in total. The molecule has 0 atom stereocenters. The van der Waals surface area contributed by atoms with Gasteiger partial charge in [-0.05, 0) is 11.8 Å². The van der Waals surface area contributed by atoms with Gasteiger partial charge in [-0.1, -0.05) is 0 Å². The van der Waals surface area contributed by atoms with E-state index < -0.39 is 54.9 Å². The topological polar surface area (TPSA) is 23.8 Å². The van der Waals surface area contributed by atoms with Crippen LogP contribution in [0.4, 0.5) is 48.3 Å². The molecule has 13 heteroatoms. The first-order valence-corrected chi connectivity index (χ1v) is 6.55. The number of alkyl halides is 11. The summed E-state index contributed by atoms with van der Waals surface area (Å²) in [6, 6.07) is 0. The van der Waals surface area contributed by atoms with E-state index in [1.807, 2.05) is 0 Å². The molecule has 1 nitrogen and oxygen atoms in total. The number of nitrogens with zero attached hydrogens (tertiary/aromatic N) is 1. The molecule has 0 fully saturated rings. The van der Waals surface area contributed by atoms with Crippen molar-refractivity contribution < 1.29 is 48.3 Å². The normalized spacial score (nSPS) is 14.7. The summed E-state index contributed by atoms with van der Waals surface area (Å²) in [5, 5.41) is 9.37. The van der Waals surface area contributed by atoms with Gasteiger partial charge in [0, 0.05) is 12.2 Å². The van der Waals surface area contributed by atoms with E-state index in [1.165, 1.54) is 5.40 Å². The molecule has 23 heavy (non-hydrogen) atoms. The minimum absolute atomic E-state index is 0.229. The van der Waals surface area contributed by atoms with Gasteiger partial charge < -0.3 is 0 Å². The summed E-state index contributed by atoms with van der Waals surface area (Å²) in [7, 11) is 0. The Hall–Kier alpha value is -0.930. The van der Waals surface area contributed by atoms with E-state index in [-0.39, 0.29) is 11.8 Å². The molecular weight excluding hydrogens is 375 g/mol. The van der Waals surface area contributed by atoms with E-state index >= 15 is 0 Å². The van der Waals surface area contributed by atoms with Crippen LogP contribution in [0.1, 0.15) is 19.3 Å². The smallest absolute Gasteiger partial charge is 0.223 e. The van der Waals surface area contributed by atoms with Crippen LogP contribution < -0.4 is 0 Å². The fourth-order valence-corrected chi connectivity index (χ4v) is 1.98. The van der Waals surface area contributed by atoms with Crippen LogP contribution in [0.25, 0.3) is 0 Å². The molecule has 0 heterocycles. The maximum absolute atomic E-state index is 13.2. The predicted octanol–water partition coefficient (Wildman–Crippen LogP) is 5.47. The van der Waals surface area contributed by atoms with Gasteiger partial charge in [-0.25, -0.2) is 22.0 Å². The van der Waals surface area contributed by atoms with E-state index in [0.717, 1.165) is 0 Å². The molecule has 0 aromatic heterocycles. The minimum atomic E-state index is -6.75. The van der Waals surface area contributed by atoms with Crippen LogP contribution in [0, 0.1) is 10.7 Å². The predicted molar refractivity (Wildman–Crippen MR) is 57.8 cm³/mol. The molecule has 0 saturated carbocycles. The summed E-state index contributed by atoms with van der Waals surface area (Å²) in [5.41, 5.74) is -6.32. The van der Waals surface area contributed by atoms with Crippen molar-refractivity contribution >= 4 is 11.8 Å². The van der Waals surface area contributed by atoms with Crippen molar-refractivity contribution in [2.45, 2.75) is 49.1 Å². The van der Waals surface area contributed by atoms with Crippen molar-refractivity contribution in [3.63, 3.8) is 0 Å². The fourth-order valence-electron chi connectivity index (χ4n) is 1.49. The van der Waals surface area contributed by atoms with Gasteiger partial charge in [0.25, 0.3) is 11.8 Å². The van der Waals surface area contributed by atoms with Crippen LogP contribution in [-0.2, 0) is 0 Å². The van der Waals surface area contributed by atoms with Crippen LogP contribution in [-0.4, -0.2) is 35.6 Å². The Labute approximate surface area is 126 Å². The lowest BCUT2D eigenvalue weighted by Crippen LogP contribution is -2.56. The standard InChI is InChI=1S/C10H8F11NS/c11-6(12,1-2-23-5-22)3-7(13,14)4-8(15,9(16,17)18)10(19,20)21/h1-4H2. The maximum atomic E-state index is 13.2. The summed E-state index contributed by atoms with van der Waals surface area (Å²) in [6.07, 6.45) is -21.1. The molecule has 0 aliphatic heterocycles. The van der Waals surface area contributed by atoms with Gasteiger partial charge in [0.05, 0.1) is 12.8 Å². The van der Waals surface area contributed by atoms with E-state index in [9.17, 15) is 48.3 Å². The molecule has 0 rings (SSSR count). The maximum Gasteiger partial charge on any atom is 0.431 e. The van der Waals surface area contributed by atoms with Crippen molar-refractivity contribution in [3.05, 3.63) is 0 Å². The van der Waals surface area contributed by atoms with E-state index in [1.54, 1.807) is 0 Å². The highest BCUT2D eigenvalue weighted by atomic mass is 32.2. The summed E-state index contributed by atoms with van der Waals surface area (Å²) < 4.78 is 139. The van der Waals surface area contributed by atoms with Crippen molar-refractivity contribution in [2.24, 2.45) is 0 Å². The molecule has 0 amide bonds. The third-order valence-corrected chi connectivity index (χ3v) is 3.09. The lowest BCUT2D eigenvalue weighted by atomic mass is 9.92. The Morgan fingerprint density at radius 3 is 1.48 bits per heavy atom. The molecule has 0 aromatic rings. The van der Waals surface area contributed by atoms with Crippen molar-refractivity contribution in [3.8, 4) is 5.40 Å². The van der Waals surface area contributed by atoms with Gasteiger partial charge in [-0.2, -0.15) is 31.6 Å². The lowest BCUT2D eigenvalue weighted by molar-refractivity contribution is -0.356. The number of thioether (sulfide) groups is 1.